The van der Waals surface area contributed by atoms with Crippen LogP contribution in [0.15, 0.2) is 36.4 Å². The molecule has 1 rings (SSSR count). The van der Waals surface area contributed by atoms with Gasteiger partial charge in [0.2, 0.25) is 0 Å². The van der Waals surface area contributed by atoms with E-state index in [4.69, 9.17) is 4.74 Å². The van der Waals surface area contributed by atoms with Crippen LogP contribution >= 0.6 is 0 Å². The van der Waals surface area contributed by atoms with Crippen LogP contribution in [0.2, 0.25) is 0 Å². The maximum atomic E-state index is 5.21. The molecule has 1 heteroatoms. The molecule has 0 radical (unpaired) electrons. The minimum Gasteiger partial charge on any atom is -0.496 e. The first-order chi connectivity index (χ1) is 5.74. The molecule has 0 saturated heterocycles. The lowest BCUT2D eigenvalue weighted by atomic mass is 10.1. The quantitative estimate of drug-likeness (QED) is 0.621. The molecule has 0 fully saturated rings. The van der Waals surface area contributed by atoms with E-state index in [1.54, 1.807) is 7.11 Å². The minimum atomic E-state index is 0.893. The monoisotopic (exact) mass is 162 g/mol. The Balaban J connectivity index is 2.89. The second kappa shape index (κ2) is 3.96. The third-order valence-electron chi connectivity index (χ3n) is 1.68. The van der Waals surface area contributed by atoms with E-state index >= 15 is 0 Å². The lowest BCUT2D eigenvalue weighted by Crippen LogP contribution is -1.91. The number of allylic oxidation sites excluding steroid dienone is 1. The van der Waals surface area contributed by atoms with E-state index in [1.165, 1.54) is 5.56 Å². The van der Waals surface area contributed by atoms with Crippen LogP contribution in [-0.4, -0.2) is 7.11 Å². The second-order valence-corrected chi connectivity index (χ2v) is 2.95. The molecule has 12 heavy (non-hydrogen) atoms. The van der Waals surface area contributed by atoms with Crippen LogP contribution in [0.5, 0.6) is 5.75 Å². The molecule has 0 amide bonds. The zero-order valence-corrected chi connectivity index (χ0v) is 7.63. The Morgan fingerprint density at radius 1 is 1.42 bits per heavy atom. The van der Waals surface area contributed by atoms with Crippen molar-refractivity contribution in [2.24, 2.45) is 0 Å². The second-order valence-electron chi connectivity index (χ2n) is 2.95. The molecule has 0 heterocycles. The van der Waals surface area contributed by atoms with Gasteiger partial charge in [-0.05, 0) is 25.0 Å². The molecule has 0 spiro atoms. The van der Waals surface area contributed by atoms with Crippen molar-refractivity contribution in [2.45, 2.75) is 13.3 Å². The third kappa shape index (κ3) is 2.12. The van der Waals surface area contributed by atoms with Crippen molar-refractivity contribution in [1.82, 2.24) is 0 Å². The van der Waals surface area contributed by atoms with Crippen LogP contribution in [0.4, 0.5) is 0 Å². The molecule has 0 aliphatic rings. The van der Waals surface area contributed by atoms with E-state index < -0.39 is 0 Å². The molecule has 0 N–H and O–H groups in total. The Kier molecular flexibility index (Phi) is 2.92. The van der Waals surface area contributed by atoms with Crippen LogP contribution in [-0.2, 0) is 6.42 Å². The summed E-state index contributed by atoms with van der Waals surface area (Å²) in [4.78, 5) is 0. The molecule has 0 aliphatic heterocycles. The normalized spacial score (nSPS) is 9.50. The summed E-state index contributed by atoms with van der Waals surface area (Å²) in [5.41, 5.74) is 2.35. The zero-order valence-electron chi connectivity index (χ0n) is 7.63. The largest absolute Gasteiger partial charge is 0.496 e. The Morgan fingerprint density at radius 3 is 2.67 bits per heavy atom. The van der Waals surface area contributed by atoms with Crippen molar-refractivity contribution in [2.75, 3.05) is 7.11 Å². The van der Waals surface area contributed by atoms with Gasteiger partial charge in [-0.25, -0.2) is 0 Å². The highest BCUT2D eigenvalue weighted by Gasteiger charge is 1.99. The predicted molar refractivity (Wildman–Crippen MR) is 51.5 cm³/mol. The van der Waals surface area contributed by atoms with E-state index in [1.807, 2.05) is 25.1 Å². The van der Waals surface area contributed by atoms with Gasteiger partial charge in [0.15, 0.2) is 0 Å². The molecular weight excluding hydrogens is 148 g/mol. The minimum absolute atomic E-state index is 0.893. The molecule has 0 atom stereocenters. The molecular formula is C11H14O. The summed E-state index contributed by atoms with van der Waals surface area (Å²) in [5, 5.41) is 0. The van der Waals surface area contributed by atoms with E-state index in [0.717, 1.165) is 17.7 Å². The number of hydrogen-bond donors (Lipinski definition) is 0. The smallest absolute Gasteiger partial charge is 0.122 e. The van der Waals surface area contributed by atoms with E-state index in [2.05, 4.69) is 12.6 Å². The molecule has 0 unspecified atom stereocenters. The van der Waals surface area contributed by atoms with Crippen LogP contribution < -0.4 is 4.74 Å². The van der Waals surface area contributed by atoms with Crippen LogP contribution in [0.25, 0.3) is 0 Å². The average Bonchev–Trinajstić information content (AvgIpc) is 2.04. The Labute approximate surface area is 73.7 Å². The number of rotatable bonds is 3. The van der Waals surface area contributed by atoms with Crippen molar-refractivity contribution < 1.29 is 4.74 Å². The SMILES string of the molecule is C=C(C)Cc1ccccc1OC. The molecule has 1 aromatic carbocycles. The average molecular weight is 162 g/mol. The molecule has 0 aromatic heterocycles. The van der Waals surface area contributed by atoms with Gasteiger partial charge in [-0.3, -0.25) is 0 Å². The van der Waals surface area contributed by atoms with E-state index in [0.29, 0.717) is 0 Å². The van der Waals surface area contributed by atoms with Crippen LogP contribution in [0, 0.1) is 0 Å². The summed E-state index contributed by atoms with van der Waals surface area (Å²) in [6.45, 7) is 5.89. The molecule has 0 aliphatic carbocycles. The Hall–Kier alpha value is -1.24. The number of hydrogen-bond acceptors (Lipinski definition) is 1. The van der Waals surface area contributed by atoms with Gasteiger partial charge in [-0.15, -0.1) is 0 Å². The Bertz CT molecular complexity index is 276. The highest BCUT2D eigenvalue weighted by Crippen LogP contribution is 2.19. The lowest BCUT2D eigenvalue weighted by molar-refractivity contribution is 0.410. The van der Waals surface area contributed by atoms with Gasteiger partial charge < -0.3 is 4.74 Å². The van der Waals surface area contributed by atoms with Gasteiger partial charge in [0.05, 0.1) is 7.11 Å². The fourth-order valence-electron chi connectivity index (χ4n) is 1.17. The van der Waals surface area contributed by atoms with Gasteiger partial charge >= 0.3 is 0 Å². The molecule has 1 aromatic rings. The van der Waals surface area contributed by atoms with E-state index in [9.17, 15) is 0 Å². The fourth-order valence-corrected chi connectivity index (χ4v) is 1.17. The van der Waals surface area contributed by atoms with Gasteiger partial charge in [0.1, 0.15) is 5.75 Å². The van der Waals surface area contributed by atoms with Crippen molar-refractivity contribution in [1.29, 1.82) is 0 Å². The van der Waals surface area contributed by atoms with Crippen molar-refractivity contribution >= 4 is 0 Å². The predicted octanol–water partition coefficient (Wildman–Crippen LogP) is 2.81. The number of methoxy groups -OCH3 is 1. The summed E-state index contributed by atoms with van der Waals surface area (Å²) in [6.07, 6.45) is 0.893. The summed E-state index contributed by atoms with van der Waals surface area (Å²) in [6, 6.07) is 8.02. The number of benzene rings is 1. The van der Waals surface area contributed by atoms with Crippen molar-refractivity contribution in [3.8, 4) is 5.75 Å². The van der Waals surface area contributed by atoms with Crippen molar-refractivity contribution in [3.05, 3.63) is 42.0 Å². The molecule has 1 nitrogen and oxygen atoms in total. The fraction of sp³-hybridized carbons (Fsp3) is 0.273. The highest BCUT2D eigenvalue weighted by atomic mass is 16.5. The van der Waals surface area contributed by atoms with Crippen LogP contribution in [0.1, 0.15) is 12.5 Å². The van der Waals surface area contributed by atoms with E-state index in [-0.39, 0.29) is 0 Å². The van der Waals surface area contributed by atoms with Gasteiger partial charge in [-0.1, -0.05) is 30.4 Å². The summed E-state index contributed by atoms with van der Waals surface area (Å²) in [7, 11) is 1.69. The first-order valence-corrected chi connectivity index (χ1v) is 4.00. The number of ether oxygens (including phenoxy) is 1. The Morgan fingerprint density at radius 2 is 2.08 bits per heavy atom. The molecule has 0 bridgehead atoms. The maximum Gasteiger partial charge on any atom is 0.122 e. The highest BCUT2D eigenvalue weighted by molar-refractivity contribution is 5.35. The summed E-state index contributed by atoms with van der Waals surface area (Å²) in [5.74, 6) is 0.945. The van der Waals surface area contributed by atoms with Gasteiger partial charge in [-0.2, -0.15) is 0 Å². The topological polar surface area (TPSA) is 9.23 Å². The lowest BCUT2D eigenvalue weighted by Gasteiger charge is -2.06. The summed E-state index contributed by atoms with van der Waals surface area (Å²) >= 11 is 0. The van der Waals surface area contributed by atoms with Gasteiger partial charge in [0, 0.05) is 0 Å². The maximum absolute atomic E-state index is 5.21. The zero-order chi connectivity index (χ0) is 8.97. The molecule has 64 valence electrons. The summed E-state index contributed by atoms with van der Waals surface area (Å²) < 4.78 is 5.21. The van der Waals surface area contributed by atoms with Crippen LogP contribution in [0.3, 0.4) is 0 Å². The van der Waals surface area contributed by atoms with Crippen molar-refractivity contribution in [3.63, 3.8) is 0 Å². The first-order valence-electron chi connectivity index (χ1n) is 4.00. The first kappa shape index (κ1) is 8.85. The van der Waals surface area contributed by atoms with Gasteiger partial charge in [0.25, 0.3) is 0 Å². The molecule has 0 saturated carbocycles. The standard InChI is InChI=1S/C11H14O/c1-9(2)8-10-6-4-5-7-11(10)12-3/h4-7H,1,8H2,2-3H3. The third-order valence-corrected chi connectivity index (χ3v) is 1.68. The number of para-hydroxylation sites is 1.